The quantitative estimate of drug-likeness (QED) is 0.416. The molecule has 0 unspecified atom stereocenters. The van der Waals surface area contributed by atoms with Crippen LogP contribution in [0.5, 0.6) is 0 Å². The topological polar surface area (TPSA) is 45.5 Å². The molecule has 1 aromatic carbocycles. The number of aryl methyl sites for hydroxylation is 1. The number of para-hydroxylation sites is 1. The average Bonchev–Trinajstić information content (AvgIpc) is 3.14. The Labute approximate surface area is 167 Å². The Morgan fingerprint density at radius 2 is 2.04 bits per heavy atom. The van der Waals surface area contributed by atoms with Gasteiger partial charge >= 0.3 is 6.18 Å². The third kappa shape index (κ3) is 4.30. The van der Waals surface area contributed by atoms with E-state index < -0.39 is 11.9 Å². The molecule has 5 nitrogen and oxygen atoms in total. The van der Waals surface area contributed by atoms with Crippen molar-refractivity contribution in [1.29, 1.82) is 0 Å². The first-order chi connectivity index (χ1) is 11.9. The van der Waals surface area contributed by atoms with Gasteiger partial charge in [0.15, 0.2) is 11.7 Å². The van der Waals surface area contributed by atoms with Crippen molar-refractivity contribution in [2.45, 2.75) is 26.1 Å². The van der Waals surface area contributed by atoms with Crippen LogP contribution in [0.3, 0.4) is 0 Å². The normalized spacial score (nSPS) is 14.2. The van der Waals surface area contributed by atoms with Crippen molar-refractivity contribution < 1.29 is 13.2 Å². The SMILES string of the molecule is CCNC(=NCc1cn(C)nc1C(F)(F)F)N1CCc2ccccc21.I. The highest BCUT2D eigenvalue weighted by atomic mass is 127. The molecule has 1 aromatic heterocycles. The maximum Gasteiger partial charge on any atom is 0.435 e. The molecule has 0 spiro atoms. The van der Waals surface area contributed by atoms with Crippen LogP contribution >= 0.6 is 24.0 Å². The Bertz CT molecular complexity index is 785. The Morgan fingerprint density at radius 3 is 2.73 bits per heavy atom. The van der Waals surface area contributed by atoms with Crippen LogP contribution in [0.4, 0.5) is 18.9 Å². The van der Waals surface area contributed by atoms with Crippen LogP contribution in [0.2, 0.25) is 0 Å². The predicted molar refractivity (Wildman–Crippen MR) is 106 cm³/mol. The molecule has 0 aliphatic carbocycles. The molecule has 0 radical (unpaired) electrons. The van der Waals surface area contributed by atoms with Crippen molar-refractivity contribution in [3.05, 3.63) is 47.3 Å². The lowest BCUT2D eigenvalue weighted by Gasteiger charge is -2.22. The number of halogens is 4. The van der Waals surface area contributed by atoms with E-state index in [2.05, 4.69) is 21.5 Å². The zero-order valence-corrected chi connectivity index (χ0v) is 16.9. The van der Waals surface area contributed by atoms with Gasteiger partial charge in [-0.25, -0.2) is 4.99 Å². The van der Waals surface area contributed by atoms with Gasteiger partial charge < -0.3 is 10.2 Å². The molecule has 1 N–H and O–H groups in total. The fourth-order valence-electron chi connectivity index (χ4n) is 3.01. The highest BCUT2D eigenvalue weighted by Gasteiger charge is 2.36. The predicted octanol–water partition coefficient (Wildman–Crippen LogP) is 3.59. The number of nitrogens with one attached hydrogen (secondary N) is 1. The van der Waals surface area contributed by atoms with E-state index in [1.807, 2.05) is 30.0 Å². The number of nitrogens with zero attached hydrogens (tertiary/aromatic N) is 4. The maximum atomic E-state index is 13.1. The number of aromatic nitrogens is 2. The van der Waals surface area contributed by atoms with E-state index in [0.29, 0.717) is 12.5 Å². The minimum Gasteiger partial charge on any atom is -0.356 e. The van der Waals surface area contributed by atoms with Crippen molar-refractivity contribution >= 4 is 35.6 Å². The lowest BCUT2D eigenvalue weighted by Crippen LogP contribution is -2.40. The van der Waals surface area contributed by atoms with E-state index in [-0.39, 0.29) is 36.1 Å². The smallest absolute Gasteiger partial charge is 0.356 e. The van der Waals surface area contributed by atoms with Gasteiger partial charge in [0.1, 0.15) is 0 Å². The summed E-state index contributed by atoms with van der Waals surface area (Å²) in [7, 11) is 1.48. The number of alkyl halides is 3. The lowest BCUT2D eigenvalue weighted by molar-refractivity contribution is -0.142. The highest BCUT2D eigenvalue weighted by molar-refractivity contribution is 14.0. The van der Waals surface area contributed by atoms with Crippen LogP contribution in [0.25, 0.3) is 0 Å². The van der Waals surface area contributed by atoms with Crippen molar-refractivity contribution in [2.75, 3.05) is 18.0 Å². The number of guanidine groups is 1. The van der Waals surface area contributed by atoms with Gasteiger partial charge in [-0.05, 0) is 25.0 Å². The summed E-state index contributed by atoms with van der Waals surface area (Å²) in [6.07, 6.45) is -2.22. The molecule has 26 heavy (non-hydrogen) atoms. The standard InChI is InChI=1S/C17H20F3N5.HI/c1-3-21-16(25-9-8-12-6-4-5-7-14(12)25)22-10-13-11-24(2)23-15(13)17(18,19)20;/h4-7,11H,3,8-10H2,1-2H3,(H,21,22);1H. The van der Waals surface area contributed by atoms with E-state index in [1.165, 1.54) is 23.5 Å². The fourth-order valence-corrected chi connectivity index (χ4v) is 3.01. The summed E-state index contributed by atoms with van der Waals surface area (Å²) >= 11 is 0. The summed E-state index contributed by atoms with van der Waals surface area (Å²) in [4.78, 5) is 6.45. The molecule has 3 rings (SSSR count). The van der Waals surface area contributed by atoms with Crippen molar-refractivity contribution in [3.8, 4) is 0 Å². The zero-order chi connectivity index (χ0) is 18.0. The third-order valence-corrected chi connectivity index (χ3v) is 4.05. The van der Waals surface area contributed by atoms with Gasteiger partial charge in [-0.1, -0.05) is 18.2 Å². The second kappa shape index (κ2) is 8.28. The van der Waals surface area contributed by atoms with Gasteiger partial charge in [-0.3, -0.25) is 4.68 Å². The Kier molecular flexibility index (Phi) is 6.53. The minimum absolute atomic E-state index is 0. The maximum absolute atomic E-state index is 13.1. The molecule has 0 fully saturated rings. The van der Waals surface area contributed by atoms with Crippen LogP contribution in [0.1, 0.15) is 23.7 Å². The Balaban J connectivity index is 0.00000243. The van der Waals surface area contributed by atoms with Crippen LogP contribution in [-0.2, 0) is 26.2 Å². The monoisotopic (exact) mass is 479 g/mol. The summed E-state index contributed by atoms with van der Waals surface area (Å²) in [5, 5.41) is 6.70. The zero-order valence-electron chi connectivity index (χ0n) is 14.5. The van der Waals surface area contributed by atoms with E-state index in [4.69, 9.17) is 0 Å². The summed E-state index contributed by atoms with van der Waals surface area (Å²) in [5.74, 6) is 0.587. The summed E-state index contributed by atoms with van der Waals surface area (Å²) in [6.45, 7) is 3.24. The largest absolute Gasteiger partial charge is 0.435 e. The second-order valence-electron chi connectivity index (χ2n) is 5.87. The van der Waals surface area contributed by atoms with Crippen LogP contribution in [-0.4, -0.2) is 28.8 Å². The summed E-state index contributed by atoms with van der Waals surface area (Å²) < 4.78 is 40.4. The first-order valence-electron chi connectivity index (χ1n) is 8.13. The van der Waals surface area contributed by atoms with E-state index >= 15 is 0 Å². The van der Waals surface area contributed by atoms with Gasteiger partial charge in [0.05, 0.1) is 6.54 Å². The molecule has 0 amide bonds. The number of hydrogen-bond acceptors (Lipinski definition) is 2. The van der Waals surface area contributed by atoms with Crippen LogP contribution in [0, 0.1) is 0 Å². The highest BCUT2D eigenvalue weighted by Crippen LogP contribution is 2.31. The van der Waals surface area contributed by atoms with E-state index in [0.717, 1.165) is 18.7 Å². The average molecular weight is 479 g/mol. The van der Waals surface area contributed by atoms with Crippen LogP contribution < -0.4 is 10.2 Å². The Hall–Kier alpha value is -1.78. The summed E-state index contributed by atoms with van der Waals surface area (Å²) in [5.41, 5.74) is 1.45. The van der Waals surface area contributed by atoms with Gasteiger partial charge in [0.2, 0.25) is 0 Å². The molecule has 0 bridgehead atoms. The molecule has 9 heteroatoms. The molecule has 0 atom stereocenters. The first kappa shape index (κ1) is 20.5. The lowest BCUT2D eigenvalue weighted by atomic mass is 10.2. The van der Waals surface area contributed by atoms with Gasteiger partial charge in [0, 0.05) is 37.6 Å². The van der Waals surface area contributed by atoms with E-state index in [9.17, 15) is 13.2 Å². The molecule has 1 aliphatic heterocycles. The van der Waals surface area contributed by atoms with Gasteiger partial charge in [0.25, 0.3) is 0 Å². The van der Waals surface area contributed by atoms with Crippen molar-refractivity contribution in [2.24, 2.45) is 12.0 Å². The van der Waals surface area contributed by atoms with Gasteiger partial charge in [-0.15, -0.1) is 24.0 Å². The van der Waals surface area contributed by atoms with E-state index in [1.54, 1.807) is 0 Å². The summed E-state index contributed by atoms with van der Waals surface area (Å²) in [6, 6.07) is 7.99. The van der Waals surface area contributed by atoms with Crippen molar-refractivity contribution in [1.82, 2.24) is 15.1 Å². The third-order valence-electron chi connectivity index (χ3n) is 4.05. The second-order valence-corrected chi connectivity index (χ2v) is 5.87. The van der Waals surface area contributed by atoms with Crippen molar-refractivity contribution in [3.63, 3.8) is 0 Å². The molecule has 0 saturated carbocycles. The Morgan fingerprint density at radius 1 is 1.31 bits per heavy atom. The molecule has 142 valence electrons. The molecule has 1 aliphatic rings. The molecular weight excluding hydrogens is 458 g/mol. The molecule has 2 aromatic rings. The molecule has 2 heterocycles. The first-order valence-corrected chi connectivity index (χ1v) is 8.13. The molecule has 0 saturated heterocycles. The number of anilines is 1. The number of benzene rings is 1. The van der Waals surface area contributed by atoms with Gasteiger partial charge in [-0.2, -0.15) is 18.3 Å². The van der Waals surface area contributed by atoms with Crippen LogP contribution in [0.15, 0.2) is 35.5 Å². The number of hydrogen-bond donors (Lipinski definition) is 1. The number of rotatable bonds is 3. The minimum atomic E-state index is -4.48. The number of fused-ring (bicyclic) bond motifs is 1. The fraction of sp³-hybridized carbons (Fsp3) is 0.412. The number of aliphatic imine (C=N–C) groups is 1. The molecular formula is C17H21F3IN5.